The smallest absolute Gasteiger partial charge is 0.312 e. The molecule has 39 heavy (non-hydrogen) atoms. The van der Waals surface area contributed by atoms with Gasteiger partial charge in [-0.05, 0) is 91.4 Å². The maximum absolute atomic E-state index is 13.5. The Morgan fingerprint density at radius 2 is 1.59 bits per heavy atom. The van der Waals surface area contributed by atoms with E-state index in [4.69, 9.17) is 9.15 Å². The minimum absolute atomic E-state index is 0. The number of hydrogen-bond acceptors (Lipinski definition) is 5. The van der Waals surface area contributed by atoms with Crippen molar-refractivity contribution in [1.29, 1.82) is 0 Å². The fourth-order valence-electron chi connectivity index (χ4n) is 5.21. The van der Waals surface area contributed by atoms with Gasteiger partial charge in [0.2, 0.25) is 0 Å². The maximum atomic E-state index is 13.5. The van der Waals surface area contributed by atoms with Crippen LogP contribution in [0.15, 0.2) is 59.0 Å². The van der Waals surface area contributed by atoms with E-state index in [1.807, 2.05) is 44.2 Å². The van der Waals surface area contributed by atoms with Gasteiger partial charge in [-0.1, -0.05) is 26.5 Å². The first-order chi connectivity index (χ1) is 18.2. The van der Waals surface area contributed by atoms with Crippen molar-refractivity contribution in [2.75, 3.05) is 7.11 Å². The first-order valence-corrected chi connectivity index (χ1v) is 12.8. The third-order valence-corrected chi connectivity index (χ3v) is 7.55. The second-order valence-corrected chi connectivity index (χ2v) is 10.2. The summed E-state index contributed by atoms with van der Waals surface area (Å²) in [6.07, 6.45) is 1.73. The van der Waals surface area contributed by atoms with Crippen LogP contribution in [0.2, 0.25) is 0 Å². The molecule has 0 N–H and O–H groups in total. The Balaban J connectivity index is 0.00000353. The van der Waals surface area contributed by atoms with Crippen LogP contribution >= 0.6 is 0 Å². The van der Waals surface area contributed by atoms with Gasteiger partial charge in [0, 0.05) is 29.4 Å². The van der Waals surface area contributed by atoms with E-state index in [0.29, 0.717) is 46.3 Å². The lowest BCUT2D eigenvalue weighted by Gasteiger charge is -2.15. The average molecular weight is 529 g/mol. The lowest BCUT2D eigenvalue weighted by atomic mass is 9.89. The number of benzene rings is 3. The van der Waals surface area contributed by atoms with E-state index in [9.17, 15) is 18.8 Å². The van der Waals surface area contributed by atoms with Crippen LogP contribution in [0.1, 0.15) is 71.9 Å². The van der Waals surface area contributed by atoms with Gasteiger partial charge in [0.25, 0.3) is 0 Å². The van der Waals surface area contributed by atoms with Crippen molar-refractivity contribution < 1.29 is 27.9 Å². The molecule has 1 aliphatic rings. The molecule has 0 radical (unpaired) electrons. The van der Waals surface area contributed by atoms with Crippen molar-refractivity contribution in [2.45, 2.75) is 53.9 Å². The molecule has 1 aromatic heterocycles. The summed E-state index contributed by atoms with van der Waals surface area (Å²) >= 11 is 0. The van der Waals surface area contributed by atoms with Gasteiger partial charge >= 0.3 is 5.97 Å². The summed E-state index contributed by atoms with van der Waals surface area (Å²) in [6.45, 7) is 5.67. The van der Waals surface area contributed by atoms with E-state index in [1.165, 1.54) is 19.2 Å². The minimum Gasteiger partial charge on any atom is -0.469 e. The van der Waals surface area contributed by atoms with E-state index < -0.39 is 5.41 Å². The summed E-state index contributed by atoms with van der Waals surface area (Å²) < 4.78 is 24.6. The van der Waals surface area contributed by atoms with Gasteiger partial charge in [-0.2, -0.15) is 0 Å². The number of carbonyl (C=O) groups is 3. The number of Topliss-reactive ketones (excluding diaryl/α,β-unsaturated/α-hetero) is 2. The molecule has 1 fully saturated rings. The number of halogens is 1. The molecule has 0 amide bonds. The molecule has 1 aliphatic carbocycles. The van der Waals surface area contributed by atoms with Gasteiger partial charge in [-0.15, -0.1) is 0 Å². The maximum Gasteiger partial charge on any atom is 0.312 e. The van der Waals surface area contributed by atoms with E-state index in [-0.39, 0.29) is 43.6 Å². The van der Waals surface area contributed by atoms with Crippen LogP contribution < -0.4 is 0 Å². The molecule has 4 aromatic rings. The number of methoxy groups -OCH3 is 1. The molecule has 6 heteroatoms. The number of ether oxygens (including phenoxy) is 1. The molecule has 1 saturated carbocycles. The topological polar surface area (TPSA) is 73.6 Å². The summed E-state index contributed by atoms with van der Waals surface area (Å²) in [4.78, 5) is 38.6. The highest BCUT2D eigenvalue weighted by Crippen LogP contribution is 2.50. The molecule has 5 nitrogen and oxygen atoms in total. The SMILES string of the molecule is C.CCC(=O)c1c(-c2ccc(F)cc2)oc2ccc(-c3cc(C(=O)CC4(C(=O)OC)CC4)c(C)cc3C)cc12. The minimum atomic E-state index is -0.703. The fourth-order valence-corrected chi connectivity index (χ4v) is 5.21. The highest BCUT2D eigenvalue weighted by Gasteiger charge is 2.52. The molecule has 0 spiro atoms. The standard InChI is InChI=1S/C32H29FO5.CH4/c1-5-26(34)29-25-15-21(8-11-28(25)38-30(29)20-6-9-22(33)10-7-20)23-16-24(19(3)14-18(23)2)27(35)17-32(12-13-32)31(36)37-4;/h6-11,14-16H,5,12-13,17H2,1-4H3;1H4. The van der Waals surface area contributed by atoms with Crippen LogP contribution in [0.4, 0.5) is 4.39 Å². The predicted molar refractivity (Wildman–Crippen MR) is 151 cm³/mol. The lowest BCUT2D eigenvalue weighted by Crippen LogP contribution is -2.21. The molecule has 0 atom stereocenters. The lowest BCUT2D eigenvalue weighted by molar-refractivity contribution is -0.147. The molecule has 0 aliphatic heterocycles. The first-order valence-electron chi connectivity index (χ1n) is 12.8. The highest BCUT2D eigenvalue weighted by atomic mass is 19.1. The van der Waals surface area contributed by atoms with Gasteiger partial charge in [0.05, 0.1) is 18.1 Å². The van der Waals surface area contributed by atoms with Gasteiger partial charge in [0.1, 0.15) is 17.2 Å². The van der Waals surface area contributed by atoms with Crippen molar-refractivity contribution in [2.24, 2.45) is 5.41 Å². The summed E-state index contributed by atoms with van der Waals surface area (Å²) in [5.74, 6) is -0.440. The van der Waals surface area contributed by atoms with Crippen molar-refractivity contribution in [1.82, 2.24) is 0 Å². The quantitative estimate of drug-likeness (QED) is 0.170. The van der Waals surface area contributed by atoms with Crippen LogP contribution in [0, 0.1) is 25.1 Å². The molecule has 202 valence electrons. The fraction of sp³-hybridized carbons (Fsp3) is 0.303. The largest absolute Gasteiger partial charge is 0.469 e. The molecule has 5 rings (SSSR count). The zero-order valence-corrected chi connectivity index (χ0v) is 21.9. The van der Waals surface area contributed by atoms with Crippen LogP contribution in [-0.4, -0.2) is 24.6 Å². The number of ketones is 2. The highest BCUT2D eigenvalue weighted by molar-refractivity contribution is 6.13. The summed E-state index contributed by atoms with van der Waals surface area (Å²) in [5, 5.41) is 0.671. The second kappa shape index (κ2) is 10.6. The van der Waals surface area contributed by atoms with E-state index in [1.54, 1.807) is 19.1 Å². The Bertz CT molecular complexity index is 1590. The zero-order valence-electron chi connectivity index (χ0n) is 21.9. The first kappa shape index (κ1) is 28.0. The molecule has 0 saturated heterocycles. The number of fused-ring (bicyclic) bond motifs is 1. The van der Waals surface area contributed by atoms with Crippen LogP contribution in [0.25, 0.3) is 33.4 Å². The van der Waals surface area contributed by atoms with Gasteiger partial charge < -0.3 is 9.15 Å². The molecule has 0 bridgehead atoms. The van der Waals surface area contributed by atoms with Crippen molar-refractivity contribution in [3.8, 4) is 22.5 Å². The molecular formula is C33H33FO5. The third kappa shape index (κ3) is 5.03. The van der Waals surface area contributed by atoms with E-state index in [2.05, 4.69) is 0 Å². The normalized spacial score (nSPS) is 13.6. The molecule has 1 heterocycles. The monoisotopic (exact) mass is 528 g/mol. The molecule has 3 aromatic carbocycles. The van der Waals surface area contributed by atoms with Crippen LogP contribution in [0.5, 0.6) is 0 Å². The van der Waals surface area contributed by atoms with Crippen LogP contribution in [-0.2, 0) is 9.53 Å². The van der Waals surface area contributed by atoms with E-state index >= 15 is 0 Å². The number of rotatable bonds is 8. The number of aryl methyl sites for hydroxylation is 2. The number of carbonyl (C=O) groups excluding carboxylic acids is 3. The van der Waals surface area contributed by atoms with Crippen molar-refractivity contribution in [3.63, 3.8) is 0 Å². The Morgan fingerprint density at radius 3 is 2.21 bits per heavy atom. The van der Waals surface area contributed by atoms with Gasteiger partial charge in [0.15, 0.2) is 11.6 Å². The molecule has 0 unspecified atom stereocenters. The average Bonchev–Trinajstić information content (AvgIpc) is 3.59. The Kier molecular flexibility index (Phi) is 7.60. The molecular weight excluding hydrogens is 495 g/mol. The van der Waals surface area contributed by atoms with E-state index in [0.717, 1.165) is 22.3 Å². The van der Waals surface area contributed by atoms with Crippen molar-refractivity contribution in [3.05, 3.63) is 82.7 Å². The van der Waals surface area contributed by atoms with Crippen LogP contribution in [0.3, 0.4) is 0 Å². The number of hydrogen-bond donors (Lipinski definition) is 0. The summed E-state index contributed by atoms with van der Waals surface area (Å²) in [6, 6.07) is 15.4. The number of furan rings is 1. The third-order valence-electron chi connectivity index (χ3n) is 7.55. The summed E-state index contributed by atoms with van der Waals surface area (Å²) in [7, 11) is 1.35. The van der Waals surface area contributed by atoms with Gasteiger partial charge in [-0.3, -0.25) is 14.4 Å². The Morgan fingerprint density at radius 1 is 0.923 bits per heavy atom. The summed E-state index contributed by atoms with van der Waals surface area (Å²) in [5.41, 5.74) is 5.05. The number of esters is 1. The predicted octanol–water partition coefficient (Wildman–Crippen LogP) is 8.28. The van der Waals surface area contributed by atoms with Crippen molar-refractivity contribution >= 4 is 28.5 Å². The Labute approximate surface area is 228 Å². The van der Waals surface area contributed by atoms with Gasteiger partial charge in [-0.25, -0.2) is 4.39 Å². The zero-order chi connectivity index (χ0) is 27.2. The Hall–Kier alpha value is -4.06. The second-order valence-electron chi connectivity index (χ2n) is 10.2.